The van der Waals surface area contributed by atoms with Gasteiger partial charge >= 0.3 is 0 Å². The zero-order valence-corrected chi connectivity index (χ0v) is 16.7. The summed E-state index contributed by atoms with van der Waals surface area (Å²) in [5.74, 6) is 0. The number of hydrogen-bond acceptors (Lipinski definition) is 1. The molecule has 1 nitrogen and oxygen atoms in total. The second kappa shape index (κ2) is 5.69. The van der Waals surface area contributed by atoms with Gasteiger partial charge in [0.1, 0.15) is 0 Å². The van der Waals surface area contributed by atoms with Gasteiger partial charge in [-0.15, -0.1) is 11.3 Å². The maximum atomic E-state index is 3.56. The van der Waals surface area contributed by atoms with Gasteiger partial charge in [-0.05, 0) is 47.5 Å². The number of nitrogens with one attached hydrogen (secondary N) is 1. The third-order valence-electron chi connectivity index (χ3n) is 5.27. The monoisotopic (exact) mass is 427 g/mol. The van der Waals surface area contributed by atoms with Gasteiger partial charge in [0, 0.05) is 46.5 Å². The summed E-state index contributed by atoms with van der Waals surface area (Å²) in [5.41, 5.74) is 4.84. The molecular weight excluding hydrogens is 414 g/mol. The summed E-state index contributed by atoms with van der Waals surface area (Å²) < 4.78 is 3.79. The lowest BCUT2D eigenvalue weighted by Gasteiger charge is -2.03. The van der Waals surface area contributed by atoms with Crippen molar-refractivity contribution in [1.29, 1.82) is 0 Å². The van der Waals surface area contributed by atoms with Crippen LogP contribution in [-0.4, -0.2) is 4.98 Å². The van der Waals surface area contributed by atoms with Crippen LogP contribution in [0.4, 0.5) is 0 Å². The Hall–Kier alpha value is -2.62. The van der Waals surface area contributed by atoms with Crippen molar-refractivity contribution >= 4 is 69.2 Å². The second-order valence-electron chi connectivity index (χ2n) is 6.88. The first-order valence-corrected chi connectivity index (χ1v) is 10.5. The topological polar surface area (TPSA) is 15.8 Å². The largest absolute Gasteiger partial charge is 0.354 e. The highest BCUT2D eigenvalue weighted by Crippen LogP contribution is 2.37. The summed E-state index contributed by atoms with van der Waals surface area (Å²) in [6.07, 6.45) is 0. The molecule has 4 aromatic carbocycles. The van der Waals surface area contributed by atoms with Crippen molar-refractivity contribution in [2.45, 2.75) is 0 Å². The molecule has 0 atom stereocenters. The van der Waals surface area contributed by atoms with E-state index in [1.54, 1.807) is 0 Å². The Kier molecular flexibility index (Phi) is 3.25. The molecule has 2 heterocycles. The lowest BCUT2D eigenvalue weighted by Crippen LogP contribution is -1.78. The molecule has 0 amide bonds. The summed E-state index contributed by atoms with van der Waals surface area (Å²) in [7, 11) is 0. The number of aromatic amines is 1. The molecule has 0 saturated carbocycles. The summed E-state index contributed by atoms with van der Waals surface area (Å²) in [6.45, 7) is 0. The first-order valence-electron chi connectivity index (χ1n) is 8.89. The van der Waals surface area contributed by atoms with Crippen LogP contribution in [0.1, 0.15) is 0 Å². The molecule has 0 unspecified atom stereocenters. The Morgan fingerprint density at radius 2 is 1.30 bits per heavy atom. The Bertz CT molecular complexity index is 1490. The smallest absolute Gasteiger partial charge is 0.0476 e. The van der Waals surface area contributed by atoms with Crippen molar-refractivity contribution in [1.82, 2.24) is 4.98 Å². The van der Waals surface area contributed by atoms with Crippen LogP contribution in [0.25, 0.3) is 53.1 Å². The van der Waals surface area contributed by atoms with Gasteiger partial charge in [0.25, 0.3) is 0 Å². The maximum absolute atomic E-state index is 3.56. The number of fused-ring (bicyclic) bond motifs is 6. The van der Waals surface area contributed by atoms with Crippen molar-refractivity contribution in [2.75, 3.05) is 0 Å². The number of benzene rings is 4. The summed E-state index contributed by atoms with van der Waals surface area (Å²) in [4.78, 5) is 3.56. The lowest BCUT2D eigenvalue weighted by molar-refractivity contribution is 1.53. The maximum Gasteiger partial charge on any atom is 0.0476 e. The zero-order chi connectivity index (χ0) is 18.0. The van der Waals surface area contributed by atoms with E-state index in [9.17, 15) is 0 Å². The van der Waals surface area contributed by atoms with Crippen LogP contribution in [-0.2, 0) is 0 Å². The van der Waals surface area contributed by atoms with Crippen LogP contribution in [0.2, 0.25) is 0 Å². The van der Waals surface area contributed by atoms with E-state index >= 15 is 0 Å². The molecule has 0 aliphatic carbocycles. The molecule has 0 radical (unpaired) electrons. The van der Waals surface area contributed by atoms with Crippen molar-refractivity contribution in [3.8, 4) is 11.1 Å². The highest BCUT2D eigenvalue weighted by molar-refractivity contribution is 9.10. The van der Waals surface area contributed by atoms with Crippen LogP contribution in [0.3, 0.4) is 0 Å². The van der Waals surface area contributed by atoms with Gasteiger partial charge in [0.2, 0.25) is 0 Å². The fourth-order valence-electron chi connectivity index (χ4n) is 3.97. The minimum atomic E-state index is 1.09. The third kappa shape index (κ3) is 2.35. The molecule has 128 valence electrons. The summed E-state index contributed by atoms with van der Waals surface area (Å²) >= 11 is 5.42. The Morgan fingerprint density at radius 3 is 2.22 bits per heavy atom. The third-order valence-corrected chi connectivity index (χ3v) is 6.92. The number of H-pyrrole nitrogens is 1. The van der Waals surface area contributed by atoms with Crippen LogP contribution >= 0.6 is 27.3 Å². The van der Waals surface area contributed by atoms with E-state index in [0.29, 0.717) is 0 Å². The average Bonchev–Trinajstić information content (AvgIpc) is 3.24. The van der Waals surface area contributed by atoms with Crippen LogP contribution < -0.4 is 0 Å². The molecule has 2 aromatic heterocycles. The first-order chi connectivity index (χ1) is 13.3. The van der Waals surface area contributed by atoms with Crippen LogP contribution in [0, 0.1) is 0 Å². The standard InChI is InChI=1S/C24H14BrNS/c25-16-7-9-18-17-8-5-15(12-21(17)26-22(18)13-16)14-6-10-24-20(11-14)19-3-1-2-4-23(19)27-24/h1-13,26H. The van der Waals surface area contributed by atoms with Crippen molar-refractivity contribution in [3.63, 3.8) is 0 Å². The predicted molar refractivity (Wildman–Crippen MR) is 122 cm³/mol. The van der Waals surface area contributed by atoms with Crippen molar-refractivity contribution in [2.24, 2.45) is 0 Å². The highest BCUT2D eigenvalue weighted by Gasteiger charge is 2.09. The number of halogens is 1. The van der Waals surface area contributed by atoms with Crippen molar-refractivity contribution < 1.29 is 0 Å². The molecule has 0 saturated heterocycles. The number of thiophene rings is 1. The van der Waals surface area contributed by atoms with Gasteiger partial charge in [-0.2, -0.15) is 0 Å². The van der Waals surface area contributed by atoms with E-state index in [4.69, 9.17) is 0 Å². The normalized spacial score (nSPS) is 11.9. The van der Waals surface area contributed by atoms with Crippen LogP contribution in [0.15, 0.2) is 83.3 Å². The van der Waals surface area contributed by atoms with E-state index in [1.165, 1.54) is 47.6 Å². The van der Waals surface area contributed by atoms with Gasteiger partial charge in [0.05, 0.1) is 0 Å². The second-order valence-corrected chi connectivity index (χ2v) is 8.88. The number of hydrogen-bond donors (Lipinski definition) is 1. The van der Waals surface area contributed by atoms with E-state index in [2.05, 4.69) is 99.8 Å². The van der Waals surface area contributed by atoms with E-state index in [-0.39, 0.29) is 0 Å². The van der Waals surface area contributed by atoms with Gasteiger partial charge in [0.15, 0.2) is 0 Å². The lowest BCUT2D eigenvalue weighted by atomic mass is 10.0. The van der Waals surface area contributed by atoms with E-state index < -0.39 is 0 Å². The first kappa shape index (κ1) is 15.4. The van der Waals surface area contributed by atoms with Crippen LogP contribution in [0.5, 0.6) is 0 Å². The predicted octanol–water partition coefficient (Wildman–Crippen LogP) is 8.12. The molecule has 0 spiro atoms. The molecule has 3 heteroatoms. The number of rotatable bonds is 1. The minimum Gasteiger partial charge on any atom is -0.354 e. The molecule has 1 N–H and O–H groups in total. The van der Waals surface area contributed by atoms with Gasteiger partial charge in [-0.25, -0.2) is 0 Å². The van der Waals surface area contributed by atoms with Crippen molar-refractivity contribution in [3.05, 3.63) is 83.3 Å². The van der Waals surface area contributed by atoms with Gasteiger partial charge in [-0.1, -0.05) is 58.4 Å². The Balaban J connectivity index is 1.57. The molecule has 0 aliphatic rings. The molecule has 0 aliphatic heterocycles. The SMILES string of the molecule is Brc1ccc2c(c1)[nH]c1cc(-c3ccc4sc5ccccc5c4c3)ccc12. The van der Waals surface area contributed by atoms with E-state index in [0.717, 1.165) is 9.99 Å². The quantitative estimate of drug-likeness (QED) is 0.272. The van der Waals surface area contributed by atoms with E-state index in [1.807, 2.05) is 11.3 Å². The fourth-order valence-corrected chi connectivity index (χ4v) is 5.42. The Morgan fingerprint density at radius 1 is 0.593 bits per heavy atom. The average molecular weight is 428 g/mol. The molecule has 6 aromatic rings. The molecule has 0 bridgehead atoms. The fraction of sp³-hybridized carbons (Fsp3) is 0. The Labute approximate surface area is 168 Å². The zero-order valence-electron chi connectivity index (χ0n) is 14.3. The molecular formula is C24H14BrNS. The number of aromatic nitrogens is 1. The molecule has 27 heavy (non-hydrogen) atoms. The summed E-state index contributed by atoms with van der Waals surface area (Å²) in [5, 5.41) is 5.21. The van der Waals surface area contributed by atoms with Gasteiger partial charge < -0.3 is 4.98 Å². The minimum absolute atomic E-state index is 1.09. The highest BCUT2D eigenvalue weighted by atomic mass is 79.9. The summed E-state index contributed by atoms with van der Waals surface area (Å²) in [6, 6.07) is 28.6. The molecule has 6 rings (SSSR count). The van der Waals surface area contributed by atoms with Gasteiger partial charge in [-0.3, -0.25) is 0 Å². The molecule has 0 fully saturated rings.